The van der Waals surface area contributed by atoms with Crippen molar-refractivity contribution in [1.29, 1.82) is 0 Å². The maximum atomic E-state index is 12.0. The van der Waals surface area contributed by atoms with Gasteiger partial charge in [0.25, 0.3) is 5.91 Å². The number of hydrogen-bond acceptors (Lipinski definition) is 2. The molecule has 2 rings (SSSR count). The Hall–Kier alpha value is -2.33. The van der Waals surface area contributed by atoms with E-state index in [1.54, 1.807) is 36.4 Å². The van der Waals surface area contributed by atoms with Gasteiger partial charge in [0.05, 0.1) is 6.42 Å². The van der Waals surface area contributed by atoms with E-state index in [9.17, 15) is 9.59 Å². The molecule has 0 spiro atoms. The molecule has 2 N–H and O–H groups in total. The number of carbonyl (C=O) groups excluding carboxylic acids is 1. The summed E-state index contributed by atoms with van der Waals surface area (Å²) in [6.45, 7) is 0. The van der Waals surface area contributed by atoms with Crippen molar-refractivity contribution in [1.82, 2.24) is 0 Å². The second-order valence-electron chi connectivity index (χ2n) is 4.19. The predicted octanol–water partition coefficient (Wildman–Crippen LogP) is 3.22. The van der Waals surface area contributed by atoms with Gasteiger partial charge in [0, 0.05) is 16.3 Å². The van der Waals surface area contributed by atoms with Crippen LogP contribution in [0.5, 0.6) is 0 Å². The van der Waals surface area contributed by atoms with Crippen molar-refractivity contribution < 1.29 is 14.7 Å². The number of carboxylic acids is 1. The van der Waals surface area contributed by atoms with Gasteiger partial charge in [-0.3, -0.25) is 9.59 Å². The number of anilines is 1. The Morgan fingerprint density at radius 2 is 1.80 bits per heavy atom. The first-order chi connectivity index (χ1) is 9.56. The highest BCUT2D eigenvalue weighted by molar-refractivity contribution is 6.30. The lowest BCUT2D eigenvalue weighted by atomic mass is 10.1. The highest BCUT2D eigenvalue weighted by Crippen LogP contribution is 2.22. The number of benzene rings is 2. The molecule has 0 aliphatic rings. The molecule has 0 saturated heterocycles. The molecule has 0 heterocycles. The fraction of sp³-hybridized carbons (Fsp3) is 0.0667. The summed E-state index contributed by atoms with van der Waals surface area (Å²) in [5.74, 6) is -1.28. The molecule has 1 amide bonds. The molecule has 2 aromatic rings. The third-order valence-corrected chi connectivity index (χ3v) is 2.93. The molecule has 0 aliphatic heterocycles. The lowest BCUT2D eigenvalue weighted by Gasteiger charge is -2.10. The van der Waals surface area contributed by atoms with Gasteiger partial charge in [0.2, 0.25) is 0 Å². The van der Waals surface area contributed by atoms with Gasteiger partial charge in [0.15, 0.2) is 0 Å². The Bertz CT molecular complexity index is 641. The zero-order valence-corrected chi connectivity index (χ0v) is 11.2. The Kier molecular flexibility index (Phi) is 4.38. The number of hydrogen-bond donors (Lipinski definition) is 2. The van der Waals surface area contributed by atoms with E-state index in [1.807, 2.05) is 6.07 Å². The smallest absolute Gasteiger partial charge is 0.307 e. The van der Waals surface area contributed by atoms with Crippen LogP contribution in [-0.2, 0) is 11.2 Å². The average Bonchev–Trinajstić information content (AvgIpc) is 2.42. The lowest BCUT2D eigenvalue weighted by Crippen LogP contribution is -2.14. The van der Waals surface area contributed by atoms with Crippen LogP contribution >= 0.6 is 11.6 Å². The number of nitrogens with one attached hydrogen (secondary N) is 1. The molecule has 0 atom stereocenters. The summed E-state index contributed by atoms with van der Waals surface area (Å²) in [7, 11) is 0. The van der Waals surface area contributed by atoms with E-state index in [2.05, 4.69) is 5.32 Å². The van der Waals surface area contributed by atoms with Crippen molar-refractivity contribution >= 4 is 29.2 Å². The zero-order chi connectivity index (χ0) is 14.5. The summed E-state index contributed by atoms with van der Waals surface area (Å²) >= 11 is 5.85. The molecule has 102 valence electrons. The second kappa shape index (κ2) is 6.21. The van der Waals surface area contributed by atoms with E-state index in [-0.39, 0.29) is 12.3 Å². The van der Waals surface area contributed by atoms with Gasteiger partial charge in [-0.2, -0.15) is 0 Å². The SMILES string of the molecule is O=C(O)Cc1cc(Cl)ccc1NC(=O)c1ccccc1. The molecule has 0 bridgehead atoms. The highest BCUT2D eigenvalue weighted by atomic mass is 35.5. The molecule has 20 heavy (non-hydrogen) atoms. The summed E-state index contributed by atoms with van der Waals surface area (Å²) in [4.78, 5) is 22.9. The molecule has 5 heteroatoms. The fourth-order valence-electron chi connectivity index (χ4n) is 1.78. The molecule has 0 unspecified atom stereocenters. The lowest BCUT2D eigenvalue weighted by molar-refractivity contribution is -0.136. The van der Waals surface area contributed by atoms with E-state index in [0.29, 0.717) is 21.8 Å². The number of carbonyl (C=O) groups is 2. The van der Waals surface area contributed by atoms with Crippen LogP contribution in [0.3, 0.4) is 0 Å². The van der Waals surface area contributed by atoms with Crippen molar-refractivity contribution in [3.05, 3.63) is 64.7 Å². The second-order valence-corrected chi connectivity index (χ2v) is 4.63. The number of carboxylic acid groups (broad SMARTS) is 1. The van der Waals surface area contributed by atoms with Gasteiger partial charge in [-0.05, 0) is 35.9 Å². The molecule has 0 fully saturated rings. The van der Waals surface area contributed by atoms with Crippen LogP contribution in [0.15, 0.2) is 48.5 Å². The van der Waals surface area contributed by atoms with Gasteiger partial charge in [-0.15, -0.1) is 0 Å². The number of halogens is 1. The summed E-state index contributed by atoms with van der Waals surface area (Å²) in [6, 6.07) is 13.4. The van der Waals surface area contributed by atoms with Gasteiger partial charge in [0.1, 0.15) is 0 Å². The van der Waals surface area contributed by atoms with E-state index >= 15 is 0 Å². The molecular weight excluding hydrogens is 278 g/mol. The Morgan fingerprint density at radius 1 is 1.10 bits per heavy atom. The van der Waals surface area contributed by atoms with Crippen LogP contribution in [-0.4, -0.2) is 17.0 Å². The molecule has 4 nitrogen and oxygen atoms in total. The number of aliphatic carboxylic acids is 1. The number of amides is 1. The third-order valence-electron chi connectivity index (χ3n) is 2.69. The van der Waals surface area contributed by atoms with Crippen molar-refractivity contribution in [2.75, 3.05) is 5.32 Å². The summed E-state index contributed by atoms with van der Waals surface area (Å²) < 4.78 is 0. The zero-order valence-electron chi connectivity index (χ0n) is 10.5. The van der Waals surface area contributed by atoms with Crippen LogP contribution in [0.2, 0.25) is 5.02 Å². The first-order valence-electron chi connectivity index (χ1n) is 5.93. The number of rotatable bonds is 4. The van der Waals surface area contributed by atoms with Gasteiger partial charge in [-0.1, -0.05) is 29.8 Å². The molecule has 0 aliphatic carbocycles. The summed E-state index contributed by atoms with van der Waals surface area (Å²) in [6.07, 6.45) is -0.203. The largest absolute Gasteiger partial charge is 0.481 e. The van der Waals surface area contributed by atoms with Crippen LogP contribution < -0.4 is 5.32 Å². The van der Waals surface area contributed by atoms with Crippen LogP contribution in [0.4, 0.5) is 5.69 Å². The molecule has 0 radical (unpaired) electrons. The van der Waals surface area contributed by atoms with Crippen molar-refractivity contribution in [2.45, 2.75) is 6.42 Å². The van der Waals surface area contributed by atoms with Crippen molar-refractivity contribution in [2.24, 2.45) is 0 Å². The van der Waals surface area contributed by atoms with E-state index in [0.717, 1.165) is 0 Å². The van der Waals surface area contributed by atoms with Gasteiger partial charge in [-0.25, -0.2) is 0 Å². The van der Waals surface area contributed by atoms with Gasteiger partial charge < -0.3 is 10.4 Å². The van der Waals surface area contributed by atoms with Crippen molar-refractivity contribution in [3.63, 3.8) is 0 Å². The molecule has 0 saturated carbocycles. The Morgan fingerprint density at radius 3 is 2.45 bits per heavy atom. The quantitative estimate of drug-likeness (QED) is 0.908. The van der Waals surface area contributed by atoms with Crippen LogP contribution in [0, 0.1) is 0 Å². The topological polar surface area (TPSA) is 66.4 Å². The van der Waals surface area contributed by atoms with Crippen LogP contribution in [0.1, 0.15) is 15.9 Å². The minimum absolute atomic E-state index is 0.203. The normalized spacial score (nSPS) is 10.1. The highest BCUT2D eigenvalue weighted by Gasteiger charge is 2.11. The van der Waals surface area contributed by atoms with E-state index < -0.39 is 5.97 Å². The molecule has 0 aromatic heterocycles. The minimum Gasteiger partial charge on any atom is -0.481 e. The Balaban J connectivity index is 2.25. The van der Waals surface area contributed by atoms with E-state index in [1.165, 1.54) is 6.07 Å². The Labute approximate surface area is 121 Å². The first-order valence-corrected chi connectivity index (χ1v) is 6.30. The summed E-state index contributed by atoms with van der Waals surface area (Å²) in [5, 5.41) is 12.0. The van der Waals surface area contributed by atoms with E-state index in [4.69, 9.17) is 16.7 Å². The maximum absolute atomic E-state index is 12.0. The first kappa shape index (κ1) is 14.1. The fourth-order valence-corrected chi connectivity index (χ4v) is 1.97. The van der Waals surface area contributed by atoms with Crippen molar-refractivity contribution in [3.8, 4) is 0 Å². The summed E-state index contributed by atoms with van der Waals surface area (Å²) in [5.41, 5.74) is 1.42. The molecule has 2 aromatic carbocycles. The predicted molar refractivity (Wildman–Crippen MR) is 77.2 cm³/mol. The monoisotopic (exact) mass is 289 g/mol. The van der Waals surface area contributed by atoms with Gasteiger partial charge >= 0.3 is 5.97 Å². The third kappa shape index (κ3) is 3.59. The van der Waals surface area contributed by atoms with Crippen LogP contribution in [0.25, 0.3) is 0 Å². The molecular formula is C15H12ClNO3. The maximum Gasteiger partial charge on any atom is 0.307 e. The standard InChI is InChI=1S/C15H12ClNO3/c16-12-6-7-13(11(8-12)9-14(18)19)17-15(20)10-4-2-1-3-5-10/h1-8H,9H2,(H,17,20)(H,18,19). The average molecular weight is 290 g/mol. The minimum atomic E-state index is -0.984.